The number of hydrogen-bond acceptors (Lipinski definition) is 2. The van der Waals surface area contributed by atoms with E-state index < -0.39 is 0 Å². The molecular weight excluding hydrogens is 623 g/mol. The van der Waals surface area contributed by atoms with Crippen molar-refractivity contribution in [3.63, 3.8) is 0 Å². The second-order valence-corrected chi connectivity index (χ2v) is 18.7. The molecule has 0 atom stereocenters. The molecule has 0 unspecified atom stereocenters. The minimum Gasteiger partial charge on any atom is -0.310 e. The molecule has 0 N–H and O–H groups in total. The van der Waals surface area contributed by atoms with Crippen molar-refractivity contribution < 1.29 is 0 Å². The van der Waals surface area contributed by atoms with Gasteiger partial charge in [0.25, 0.3) is 0 Å². The standard InChI is InChI=1S/C48H49NS/c1-46(2)22-23-47(3,4)45-39(46)19-13-20-41(45)49(36-16-9-6-10-17-36)42-30-44-40(29-37(42)33-14-7-5-8-15-33)48(38-18-11-12-21-43(38)50-44)34-25-31-24-32(27-34)28-35(48)26-31/h5-21,29-32,34-35H,22-28H2,1-4H3. The van der Waals surface area contributed by atoms with Gasteiger partial charge in [0.05, 0.1) is 11.4 Å². The van der Waals surface area contributed by atoms with Gasteiger partial charge in [-0.05, 0) is 144 Å². The summed E-state index contributed by atoms with van der Waals surface area (Å²) >= 11 is 2.03. The molecule has 4 fully saturated rings. The highest BCUT2D eigenvalue weighted by atomic mass is 32.2. The summed E-state index contributed by atoms with van der Waals surface area (Å²) in [5.41, 5.74) is 13.0. The van der Waals surface area contributed by atoms with Crippen LogP contribution >= 0.6 is 11.8 Å². The van der Waals surface area contributed by atoms with Crippen molar-refractivity contribution >= 4 is 28.8 Å². The maximum Gasteiger partial charge on any atom is 0.0551 e. The lowest BCUT2D eigenvalue weighted by atomic mass is 9.42. The molecule has 11 rings (SSSR count). The highest BCUT2D eigenvalue weighted by molar-refractivity contribution is 7.99. The van der Waals surface area contributed by atoms with Crippen LogP contribution in [0.3, 0.4) is 0 Å². The first kappa shape index (κ1) is 31.0. The molecule has 50 heavy (non-hydrogen) atoms. The molecule has 0 aromatic heterocycles. The fourth-order valence-corrected chi connectivity index (χ4v) is 13.1. The average molecular weight is 672 g/mol. The van der Waals surface area contributed by atoms with E-state index in [1.807, 2.05) is 11.8 Å². The Morgan fingerprint density at radius 2 is 1.16 bits per heavy atom. The van der Waals surface area contributed by atoms with Crippen LogP contribution < -0.4 is 4.90 Å². The van der Waals surface area contributed by atoms with E-state index in [-0.39, 0.29) is 16.2 Å². The molecule has 4 saturated carbocycles. The second-order valence-electron chi connectivity index (χ2n) is 17.6. The van der Waals surface area contributed by atoms with Crippen molar-refractivity contribution in [3.8, 4) is 11.1 Å². The molecule has 5 aliphatic carbocycles. The van der Waals surface area contributed by atoms with Crippen molar-refractivity contribution in [1.29, 1.82) is 0 Å². The highest BCUT2D eigenvalue weighted by Crippen LogP contribution is 2.69. The summed E-state index contributed by atoms with van der Waals surface area (Å²) in [6.45, 7) is 9.85. The summed E-state index contributed by atoms with van der Waals surface area (Å²) in [5, 5.41) is 0. The fraction of sp³-hybridized carbons (Fsp3) is 0.375. The first-order chi connectivity index (χ1) is 24.2. The van der Waals surface area contributed by atoms with E-state index in [4.69, 9.17) is 0 Å². The van der Waals surface area contributed by atoms with E-state index in [1.54, 1.807) is 11.1 Å². The van der Waals surface area contributed by atoms with Crippen LogP contribution in [0.5, 0.6) is 0 Å². The Labute approximate surface area is 303 Å². The summed E-state index contributed by atoms with van der Waals surface area (Å²) in [4.78, 5) is 5.59. The fourth-order valence-electron chi connectivity index (χ4n) is 11.9. The Morgan fingerprint density at radius 3 is 1.88 bits per heavy atom. The molecule has 2 heteroatoms. The zero-order chi connectivity index (χ0) is 33.8. The third kappa shape index (κ3) is 4.46. The van der Waals surface area contributed by atoms with Crippen LogP contribution in [0.25, 0.3) is 11.1 Å². The van der Waals surface area contributed by atoms with Crippen molar-refractivity contribution in [2.24, 2.45) is 23.7 Å². The Balaban J connectivity index is 1.28. The molecule has 1 nitrogen and oxygen atoms in total. The van der Waals surface area contributed by atoms with Crippen molar-refractivity contribution in [1.82, 2.24) is 0 Å². The lowest BCUT2D eigenvalue weighted by molar-refractivity contribution is -0.0443. The molecule has 1 aliphatic heterocycles. The number of benzene rings is 5. The predicted molar refractivity (Wildman–Crippen MR) is 210 cm³/mol. The van der Waals surface area contributed by atoms with Crippen LogP contribution in [-0.4, -0.2) is 0 Å². The van der Waals surface area contributed by atoms with Gasteiger partial charge in [-0.3, -0.25) is 0 Å². The summed E-state index contributed by atoms with van der Waals surface area (Å²) in [6, 6.07) is 44.5. The minimum absolute atomic E-state index is 0.0632. The molecule has 0 radical (unpaired) electrons. The average Bonchev–Trinajstić information content (AvgIpc) is 3.12. The van der Waals surface area contributed by atoms with Gasteiger partial charge in [-0.2, -0.15) is 0 Å². The summed E-state index contributed by atoms with van der Waals surface area (Å²) in [6.07, 6.45) is 9.44. The highest BCUT2D eigenvalue weighted by Gasteiger charge is 2.61. The number of para-hydroxylation sites is 1. The largest absolute Gasteiger partial charge is 0.310 e. The van der Waals surface area contributed by atoms with Gasteiger partial charge >= 0.3 is 0 Å². The number of nitrogens with zero attached hydrogens (tertiary/aromatic N) is 1. The lowest BCUT2D eigenvalue weighted by Crippen LogP contribution is -2.57. The molecule has 1 spiro atoms. The van der Waals surface area contributed by atoms with Crippen LogP contribution in [0.15, 0.2) is 125 Å². The molecular formula is C48H49NS. The van der Waals surface area contributed by atoms with Gasteiger partial charge in [-0.1, -0.05) is 118 Å². The van der Waals surface area contributed by atoms with Gasteiger partial charge in [0, 0.05) is 26.5 Å². The van der Waals surface area contributed by atoms with Crippen LogP contribution in [0.4, 0.5) is 17.1 Å². The van der Waals surface area contributed by atoms with Crippen molar-refractivity contribution in [2.75, 3.05) is 4.90 Å². The zero-order valence-corrected chi connectivity index (χ0v) is 30.9. The molecule has 5 aromatic carbocycles. The first-order valence-corrected chi connectivity index (χ1v) is 20.1. The molecule has 5 aromatic rings. The maximum absolute atomic E-state index is 2.70. The normalized spacial score (nSPS) is 27.8. The third-order valence-corrected chi connectivity index (χ3v) is 15.1. The van der Waals surface area contributed by atoms with Crippen molar-refractivity contribution in [3.05, 3.63) is 138 Å². The molecule has 4 bridgehead atoms. The van der Waals surface area contributed by atoms with E-state index >= 15 is 0 Å². The smallest absolute Gasteiger partial charge is 0.0551 e. The van der Waals surface area contributed by atoms with Crippen LogP contribution in [0.2, 0.25) is 0 Å². The van der Waals surface area contributed by atoms with Gasteiger partial charge < -0.3 is 4.90 Å². The molecule has 6 aliphatic rings. The molecule has 1 heterocycles. The number of hydrogen-bond donors (Lipinski definition) is 0. The Bertz CT molecular complexity index is 2080. The Kier molecular flexibility index (Phi) is 6.90. The second kappa shape index (κ2) is 11.1. The summed E-state index contributed by atoms with van der Waals surface area (Å²) < 4.78 is 0. The predicted octanol–water partition coefficient (Wildman–Crippen LogP) is 13.4. The van der Waals surface area contributed by atoms with E-state index in [9.17, 15) is 0 Å². The van der Waals surface area contributed by atoms with E-state index in [1.165, 1.54) is 94.1 Å². The van der Waals surface area contributed by atoms with Gasteiger partial charge in [0.2, 0.25) is 0 Å². The molecule has 252 valence electrons. The SMILES string of the molecule is CC1(C)CCC(C)(C)c2c(N(c3ccccc3)c3cc4c(cc3-c3ccccc3)C3(c5ccccc5S4)C4CC5CC(C4)CC3C5)cccc21. The number of rotatable bonds is 4. The van der Waals surface area contributed by atoms with E-state index in [2.05, 4.69) is 148 Å². The first-order valence-electron chi connectivity index (χ1n) is 19.2. The lowest BCUT2D eigenvalue weighted by Gasteiger charge is -2.63. The third-order valence-electron chi connectivity index (χ3n) is 13.9. The monoisotopic (exact) mass is 671 g/mol. The Hall–Kier alpha value is -3.75. The van der Waals surface area contributed by atoms with E-state index in [0.29, 0.717) is 0 Å². The number of fused-ring (bicyclic) bond motifs is 3. The van der Waals surface area contributed by atoms with E-state index in [0.717, 1.165) is 23.7 Å². The molecule has 0 amide bonds. The van der Waals surface area contributed by atoms with Crippen LogP contribution in [0.1, 0.15) is 94.9 Å². The van der Waals surface area contributed by atoms with Crippen LogP contribution in [0, 0.1) is 23.7 Å². The summed E-state index contributed by atoms with van der Waals surface area (Å²) in [5.74, 6) is 3.30. The van der Waals surface area contributed by atoms with Crippen molar-refractivity contribution in [2.45, 2.75) is 98.7 Å². The minimum atomic E-state index is 0.0632. The maximum atomic E-state index is 2.70. The molecule has 0 saturated heterocycles. The summed E-state index contributed by atoms with van der Waals surface area (Å²) in [7, 11) is 0. The van der Waals surface area contributed by atoms with Gasteiger partial charge in [-0.25, -0.2) is 0 Å². The number of anilines is 3. The Morgan fingerprint density at radius 1 is 0.540 bits per heavy atom. The van der Waals surface area contributed by atoms with Crippen LogP contribution in [-0.2, 0) is 16.2 Å². The van der Waals surface area contributed by atoms with Gasteiger partial charge in [0.1, 0.15) is 0 Å². The van der Waals surface area contributed by atoms with Gasteiger partial charge in [0.15, 0.2) is 0 Å². The van der Waals surface area contributed by atoms with Gasteiger partial charge in [-0.15, -0.1) is 0 Å². The topological polar surface area (TPSA) is 3.24 Å². The zero-order valence-electron chi connectivity index (χ0n) is 30.1. The quantitative estimate of drug-likeness (QED) is 0.187.